The molecule has 1 aliphatic rings. The maximum absolute atomic E-state index is 11.7. The van der Waals surface area contributed by atoms with E-state index in [4.69, 9.17) is 4.74 Å². The second-order valence-electron chi connectivity index (χ2n) is 4.19. The molecule has 1 aromatic carbocycles. The molecule has 3 nitrogen and oxygen atoms in total. The van der Waals surface area contributed by atoms with Crippen LogP contribution in [-0.4, -0.2) is 11.1 Å². The van der Waals surface area contributed by atoms with Gasteiger partial charge in [0.1, 0.15) is 12.4 Å². The van der Waals surface area contributed by atoms with E-state index in [1.165, 1.54) is 0 Å². The van der Waals surface area contributed by atoms with E-state index in [-0.39, 0.29) is 18.3 Å². The minimum absolute atomic E-state index is 0.203. The minimum atomic E-state index is -0.383. The topological polar surface area (TPSA) is 46.5 Å². The number of esters is 1. The van der Waals surface area contributed by atoms with Gasteiger partial charge in [-0.25, -0.2) is 4.79 Å². The lowest BCUT2D eigenvalue weighted by molar-refractivity contribution is -0.140. The summed E-state index contributed by atoms with van der Waals surface area (Å²) in [6.45, 7) is 0.260. The lowest BCUT2D eigenvalue weighted by Crippen LogP contribution is -2.13. The van der Waals surface area contributed by atoms with Gasteiger partial charge in [0, 0.05) is 6.42 Å². The third kappa shape index (κ3) is 3.09. The summed E-state index contributed by atoms with van der Waals surface area (Å²) < 4.78 is 5.18. The molecule has 0 unspecified atom stereocenters. The molecule has 3 heteroatoms. The largest absolute Gasteiger partial charge is 0.512 e. The maximum Gasteiger partial charge on any atom is 0.337 e. The number of aliphatic hydroxyl groups excluding tert-OH is 1. The Morgan fingerprint density at radius 3 is 2.59 bits per heavy atom. The van der Waals surface area contributed by atoms with Gasteiger partial charge in [-0.1, -0.05) is 30.3 Å². The van der Waals surface area contributed by atoms with Gasteiger partial charge in [0.2, 0.25) is 0 Å². The fourth-order valence-electron chi connectivity index (χ4n) is 1.92. The average Bonchev–Trinajstić information content (AvgIpc) is 2.38. The highest BCUT2D eigenvalue weighted by Crippen LogP contribution is 2.23. The third-order valence-electron chi connectivity index (χ3n) is 2.90. The van der Waals surface area contributed by atoms with Crippen molar-refractivity contribution in [1.82, 2.24) is 0 Å². The standard InChI is InChI=1S/C14H16O3/c15-13-9-5-4-8-12(13)14(16)17-10-11-6-2-1-3-7-11/h1-3,6-7,15H,4-5,8-10H2. The molecule has 1 aromatic rings. The van der Waals surface area contributed by atoms with Crippen molar-refractivity contribution in [3.05, 3.63) is 47.2 Å². The van der Waals surface area contributed by atoms with Crippen molar-refractivity contribution in [1.29, 1.82) is 0 Å². The van der Waals surface area contributed by atoms with E-state index < -0.39 is 0 Å². The lowest BCUT2D eigenvalue weighted by atomic mass is 9.98. The second kappa shape index (κ2) is 5.53. The monoisotopic (exact) mass is 232 g/mol. The van der Waals surface area contributed by atoms with E-state index in [1.807, 2.05) is 30.3 Å². The molecule has 2 rings (SSSR count). The first-order valence-corrected chi connectivity index (χ1v) is 5.89. The molecular formula is C14H16O3. The first-order chi connectivity index (χ1) is 8.27. The predicted octanol–water partition coefficient (Wildman–Crippen LogP) is 3.12. The van der Waals surface area contributed by atoms with E-state index in [9.17, 15) is 9.90 Å². The van der Waals surface area contributed by atoms with Crippen LogP contribution in [0.4, 0.5) is 0 Å². The third-order valence-corrected chi connectivity index (χ3v) is 2.90. The quantitative estimate of drug-likeness (QED) is 0.814. The molecule has 90 valence electrons. The Hall–Kier alpha value is -1.77. The van der Waals surface area contributed by atoms with E-state index >= 15 is 0 Å². The van der Waals surface area contributed by atoms with Gasteiger partial charge in [0.05, 0.1) is 5.57 Å². The Bertz CT molecular complexity index is 420. The number of ether oxygens (including phenoxy) is 1. The summed E-state index contributed by atoms with van der Waals surface area (Å²) in [4.78, 5) is 11.7. The molecule has 0 saturated carbocycles. The Kier molecular flexibility index (Phi) is 3.81. The number of hydrogen-bond acceptors (Lipinski definition) is 3. The summed E-state index contributed by atoms with van der Waals surface area (Å²) in [6.07, 6.45) is 3.11. The summed E-state index contributed by atoms with van der Waals surface area (Å²) in [5.74, 6) is -0.180. The highest BCUT2D eigenvalue weighted by molar-refractivity contribution is 5.89. The Labute approximate surface area is 101 Å². The van der Waals surface area contributed by atoms with Crippen LogP contribution in [0.25, 0.3) is 0 Å². The van der Waals surface area contributed by atoms with Crippen molar-refractivity contribution in [2.75, 3.05) is 0 Å². The number of aliphatic hydroxyl groups is 1. The molecule has 0 atom stereocenters. The van der Waals surface area contributed by atoms with Gasteiger partial charge in [-0.15, -0.1) is 0 Å². The lowest BCUT2D eigenvalue weighted by Gasteiger charge is -2.15. The van der Waals surface area contributed by atoms with Crippen LogP contribution in [0.2, 0.25) is 0 Å². The molecule has 0 amide bonds. The van der Waals surface area contributed by atoms with E-state index in [2.05, 4.69) is 0 Å². The Balaban J connectivity index is 1.94. The zero-order valence-corrected chi connectivity index (χ0v) is 9.69. The molecule has 0 aliphatic heterocycles. The number of hydrogen-bond donors (Lipinski definition) is 1. The van der Waals surface area contributed by atoms with E-state index in [1.54, 1.807) is 0 Å². The Morgan fingerprint density at radius 2 is 1.88 bits per heavy atom. The van der Waals surface area contributed by atoms with Crippen LogP contribution in [-0.2, 0) is 16.1 Å². The predicted molar refractivity (Wildman–Crippen MR) is 64.4 cm³/mol. The Morgan fingerprint density at radius 1 is 1.18 bits per heavy atom. The van der Waals surface area contributed by atoms with Crippen molar-refractivity contribution in [3.63, 3.8) is 0 Å². The fourth-order valence-corrected chi connectivity index (χ4v) is 1.92. The van der Waals surface area contributed by atoms with Gasteiger partial charge < -0.3 is 9.84 Å². The van der Waals surface area contributed by atoms with Crippen molar-refractivity contribution >= 4 is 5.97 Å². The summed E-state index contributed by atoms with van der Waals surface area (Å²) in [5, 5.41) is 9.62. The molecule has 1 aliphatic carbocycles. The fraction of sp³-hybridized carbons (Fsp3) is 0.357. The van der Waals surface area contributed by atoms with Gasteiger partial charge in [-0.2, -0.15) is 0 Å². The molecule has 0 radical (unpaired) electrons. The van der Waals surface area contributed by atoms with Gasteiger partial charge >= 0.3 is 5.97 Å². The second-order valence-corrected chi connectivity index (χ2v) is 4.19. The number of rotatable bonds is 3. The molecule has 17 heavy (non-hydrogen) atoms. The van der Waals surface area contributed by atoms with Gasteiger partial charge in [0.15, 0.2) is 0 Å². The zero-order valence-electron chi connectivity index (χ0n) is 9.69. The molecule has 0 bridgehead atoms. The first kappa shape index (κ1) is 11.7. The van der Waals surface area contributed by atoms with Gasteiger partial charge in [-0.05, 0) is 24.8 Å². The summed E-state index contributed by atoms with van der Waals surface area (Å²) in [5.41, 5.74) is 1.41. The van der Waals surface area contributed by atoms with Crippen molar-refractivity contribution in [3.8, 4) is 0 Å². The van der Waals surface area contributed by atoms with Crippen molar-refractivity contribution in [2.24, 2.45) is 0 Å². The SMILES string of the molecule is O=C(OCc1ccccc1)C1=C(O)CCCC1. The van der Waals surface area contributed by atoms with Crippen LogP contribution >= 0.6 is 0 Å². The van der Waals surface area contributed by atoms with Crippen LogP contribution < -0.4 is 0 Å². The van der Waals surface area contributed by atoms with Crippen LogP contribution in [0.5, 0.6) is 0 Å². The molecule has 0 fully saturated rings. The molecule has 0 saturated heterocycles. The van der Waals surface area contributed by atoms with Crippen LogP contribution in [0, 0.1) is 0 Å². The minimum Gasteiger partial charge on any atom is -0.512 e. The van der Waals surface area contributed by atoms with E-state index in [0.29, 0.717) is 18.4 Å². The normalized spacial score (nSPS) is 15.8. The first-order valence-electron chi connectivity index (χ1n) is 5.89. The highest BCUT2D eigenvalue weighted by Gasteiger charge is 2.19. The number of carbonyl (C=O) groups is 1. The molecule has 1 N–H and O–H groups in total. The number of benzene rings is 1. The molecule has 0 spiro atoms. The molecule has 0 aromatic heterocycles. The van der Waals surface area contributed by atoms with Gasteiger partial charge in [-0.3, -0.25) is 0 Å². The number of carbonyl (C=O) groups excluding carboxylic acids is 1. The van der Waals surface area contributed by atoms with Gasteiger partial charge in [0.25, 0.3) is 0 Å². The van der Waals surface area contributed by atoms with Crippen LogP contribution in [0.1, 0.15) is 31.2 Å². The highest BCUT2D eigenvalue weighted by atomic mass is 16.5. The summed E-state index contributed by atoms with van der Waals surface area (Å²) >= 11 is 0. The van der Waals surface area contributed by atoms with Crippen molar-refractivity contribution in [2.45, 2.75) is 32.3 Å². The van der Waals surface area contributed by atoms with E-state index in [0.717, 1.165) is 18.4 Å². The molecular weight excluding hydrogens is 216 g/mol. The number of allylic oxidation sites excluding steroid dienone is 1. The summed E-state index contributed by atoms with van der Waals surface area (Å²) in [6, 6.07) is 9.53. The van der Waals surface area contributed by atoms with Crippen LogP contribution in [0.15, 0.2) is 41.7 Å². The van der Waals surface area contributed by atoms with Crippen LogP contribution in [0.3, 0.4) is 0 Å². The summed E-state index contributed by atoms with van der Waals surface area (Å²) in [7, 11) is 0. The van der Waals surface area contributed by atoms with Crippen molar-refractivity contribution < 1.29 is 14.6 Å². The maximum atomic E-state index is 11.7. The molecule has 0 heterocycles. The zero-order chi connectivity index (χ0) is 12.1. The smallest absolute Gasteiger partial charge is 0.337 e. The average molecular weight is 232 g/mol.